The third-order valence-corrected chi connectivity index (χ3v) is 5.15. The number of benzene rings is 4. The van der Waals surface area contributed by atoms with Gasteiger partial charge < -0.3 is 24.6 Å². The maximum atomic E-state index is 12.5. The molecule has 0 aliphatic carbocycles. The average molecular weight is 484 g/mol. The Kier molecular flexibility index (Phi) is 8.17. The molecule has 0 saturated carbocycles. The first-order valence-corrected chi connectivity index (χ1v) is 11.3. The van der Waals surface area contributed by atoms with Crippen molar-refractivity contribution in [1.82, 2.24) is 0 Å². The molecule has 36 heavy (non-hydrogen) atoms. The van der Waals surface area contributed by atoms with E-state index in [0.717, 1.165) is 11.1 Å². The molecule has 0 spiro atoms. The number of carboxylic acids is 1. The van der Waals surface area contributed by atoms with Gasteiger partial charge in [-0.25, -0.2) is 4.79 Å². The van der Waals surface area contributed by atoms with Crippen LogP contribution in [0.1, 0.15) is 21.5 Å². The molecule has 4 aromatic rings. The van der Waals surface area contributed by atoms with Crippen LogP contribution in [0.2, 0.25) is 0 Å². The summed E-state index contributed by atoms with van der Waals surface area (Å²) in [5.74, 6) is -1.05. The molecule has 2 N–H and O–H groups in total. The minimum Gasteiger partial charge on any atom is -0.485 e. The lowest BCUT2D eigenvalue weighted by Crippen LogP contribution is -2.20. The van der Waals surface area contributed by atoms with Crippen LogP contribution in [0.5, 0.6) is 17.2 Å². The molecule has 0 unspecified atom stereocenters. The minimum atomic E-state index is -1.14. The van der Waals surface area contributed by atoms with Crippen molar-refractivity contribution in [3.63, 3.8) is 0 Å². The summed E-state index contributed by atoms with van der Waals surface area (Å²) in [7, 11) is 0. The van der Waals surface area contributed by atoms with Crippen LogP contribution in [0.25, 0.3) is 0 Å². The summed E-state index contributed by atoms with van der Waals surface area (Å²) in [5, 5.41) is 12.4. The van der Waals surface area contributed by atoms with Crippen molar-refractivity contribution in [3.05, 3.63) is 120 Å². The van der Waals surface area contributed by atoms with E-state index in [1.807, 2.05) is 78.9 Å². The van der Waals surface area contributed by atoms with Gasteiger partial charge in [0.2, 0.25) is 5.75 Å². The van der Waals surface area contributed by atoms with Crippen LogP contribution in [0.4, 0.5) is 5.69 Å². The molecule has 0 aromatic heterocycles. The first-order chi connectivity index (χ1) is 17.6. The van der Waals surface area contributed by atoms with Crippen molar-refractivity contribution in [3.8, 4) is 17.2 Å². The quantitative estimate of drug-likeness (QED) is 0.290. The number of carboxylic acid groups (broad SMARTS) is 1. The Labute approximate surface area is 208 Å². The fourth-order valence-electron chi connectivity index (χ4n) is 3.38. The van der Waals surface area contributed by atoms with Crippen LogP contribution < -0.4 is 19.5 Å². The lowest BCUT2D eigenvalue weighted by molar-refractivity contribution is -0.118. The van der Waals surface area contributed by atoms with Gasteiger partial charge in [0.15, 0.2) is 18.1 Å². The van der Waals surface area contributed by atoms with E-state index >= 15 is 0 Å². The smallest absolute Gasteiger partial charge is 0.335 e. The Morgan fingerprint density at radius 2 is 1.14 bits per heavy atom. The van der Waals surface area contributed by atoms with E-state index in [-0.39, 0.29) is 48.5 Å². The predicted octanol–water partition coefficient (Wildman–Crippen LogP) is 5.56. The van der Waals surface area contributed by atoms with Gasteiger partial charge in [-0.2, -0.15) is 0 Å². The van der Waals surface area contributed by atoms with Crippen LogP contribution in [0, 0.1) is 0 Å². The zero-order valence-corrected chi connectivity index (χ0v) is 19.4. The molecular weight excluding hydrogens is 458 g/mol. The highest BCUT2D eigenvalue weighted by Crippen LogP contribution is 2.40. The second-order valence-corrected chi connectivity index (χ2v) is 7.86. The van der Waals surface area contributed by atoms with Crippen LogP contribution in [-0.2, 0) is 18.0 Å². The molecule has 7 heteroatoms. The van der Waals surface area contributed by atoms with Gasteiger partial charge in [0.25, 0.3) is 5.91 Å². The second-order valence-electron chi connectivity index (χ2n) is 7.86. The standard InChI is InChI=1S/C29H25NO6/c31-27(30-24-14-8-3-9-15-24)20-36-28-25(34-18-21-10-4-1-5-11-21)16-23(29(32)33)17-26(28)35-19-22-12-6-2-7-13-22/h1-17H,18-20H2,(H,30,31)(H,32,33). The number of anilines is 1. The lowest BCUT2D eigenvalue weighted by Gasteiger charge is -2.18. The molecule has 0 atom stereocenters. The zero-order chi connectivity index (χ0) is 25.2. The van der Waals surface area contributed by atoms with E-state index < -0.39 is 5.97 Å². The monoisotopic (exact) mass is 483 g/mol. The first kappa shape index (κ1) is 24.3. The third kappa shape index (κ3) is 6.87. The fourth-order valence-corrected chi connectivity index (χ4v) is 3.38. The predicted molar refractivity (Wildman–Crippen MR) is 136 cm³/mol. The maximum absolute atomic E-state index is 12.5. The largest absolute Gasteiger partial charge is 0.485 e. The topological polar surface area (TPSA) is 94.1 Å². The summed E-state index contributed by atoms with van der Waals surface area (Å²) in [5.41, 5.74) is 2.38. The highest BCUT2D eigenvalue weighted by atomic mass is 16.5. The van der Waals surface area contributed by atoms with Crippen molar-refractivity contribution in [2.45, 2.75) is 13.2 Å². The molecular formula is C29H25NO6. The molecule has 0 heterocycles. The lowest BCUT2D eigenvalue weighted by atomic mass is 10.1. The summed E-state index contributed by atoms with van der Waals surface area (Å²) in [6, 6.07) is 30.6. The Morgan fingerprint density at radius 1 is 0.667 bits per heavy atom. The molecule has 0 radical (unpaired) electrons. The Morgan fingerprint density at radius 3 is 1.61 bits per heavy atom. The third-order valence-electron chi connectivity index (χ3n) is 5.15. The van der Waals surface area contributed by atoms with Crippen molar-refractivity contribution in [2.24, 2.45) is 0 Å². The van der Waals surface area contributed by atoms with Gasteiger partial charge in [-0.3, -0.25) is 4.79 Å². The van der Waals surface area contributed by atoms with Crippen LogP contribution in [0.15, 0.2) is 103 Å². The number of aromatic carboxylic acids is 1. The maximum Gasteiger partial charge on any atom is 0.335 e. The van der Waals surface area contributed by atoms with Gasteiger partial charge in [0.1, 0.15) is 13.2 Å². The first-order valence-electron chi connectivity index (χ1n) is 11.3. The molecule has 7 nitrogen and oxygen atoms in total. The van der Waals surface area contributed by atoms with Gasteiger partial charge in [-0.15, -0.1) is 0 Å². The van der Waals surface area contributed by atoms with Gasteiger partial charge >= 0.3 is 5.97 Å². The normalized spacial score (nSPS) is 10.3. The molecule has 0 bridgehead atoms. The molecule has 0 aliphatic heterocycles. The van der Waals surface area contributed by atoms with E-state index in [2.05, 4.69) is 5.32 Å². The molecule has 0 fully saturated rings. The van der Waals surface area contributed by atoms with Gasteiger partial charge in [0, 0.05) is 5.69 Å². The number of rotatable bonds is 11. The number of amides is 1. The number of para-hydroxylation sites is 1. The van der Waals surface area contributed by atoms with E-state index in [0.29, 0.717) is 5.69 Å². The summed E-state index contributed by atoms with van der Waals surface area (Å²) in [6.07, 6.45) is 0. The molecule has 0 saturated heterocycles. The summed E-state index contributed by atoms with van der Waals surface area (Å²) in [6.45, 7) is 0.0218. The Balaban J connectivity index is 1.60. The molecule has 0 aliphatic rings. The van der Waals surface area contributed by atoms with Crippen molar-refractivity contribution >= 4 is 17.6 Å². The molecule has 4 rings (SSSR count). The van der Waals surface area contributed by atoms with Gasteiger partial charge in [-0.05, 0) is 35.4 Å². The highest BCUT2D eigenvalue weighted by Gasteiger charge is 2.20. The summed E-state index contributed by atoms with van der Waals surface area (Å²) >= 11 is 0. The summed E-state index contributed by atoms with van der Waals surface area (Å²) in [4.78, 5) is 24.3. The van der Waals surface area contributed by atoms with Crippen LogP contribution in [-0.4, -0.2) is 23.6 Å². The Hall–Kier alpha value is -4.78. The van der Waals surface area contributed by atoms with Crippen LogP contribution in [0.3, 0.4) is 0 Å². The number of carbonyl (C=O) groups is 2. The SMILES string of the molecule is O=C(COc1c(OCc2ccccc2)cc(C(=O)O)cc1OCc1ccccc1)Nc1ccccc1. The zero-order valence-electron chi connectivity index (χ0n) is 19.4. The number of carbonyl (C=O) groups excluding carboxylic acids is 1. The van der Waals surface area contributed by atoms with E-state index in [1.54, 1.807) is 12.1 Å². The van der Waals surface area contributed by atoms with Crippen LogP contribution >= 0.6 is 0 Å². The molecule has 4 aromatic carbocycles. The van der Waals surface area contributed by atoms with Crippen molar-refractivity contribution in [2.75, 3.05) is 11.9 Å². The van der Waals surface area contributed by atoms with Gasteiger partial charge in [-0.1, -0.05) is 78.9 Å². The molecule has 182 valence electrons. The highest BCUT2D eigenvalue weighted by molar-refractivity contribution is 5.92. The van der Waals surface area contributed by atoms with Crippen molar-refractivity contribution in [1.29, 1.82) is 0 Å². The number of nitrogens with one attached hydrogen (secondary N) is 1. The van der Waals surface area contributed by atoms with E-state index in [4.69, 9.17) is 14.2 Å². The average Bonchev–Trinajstić information content (AvgIpc) is 2.91. The van der Waals surface area contributed by atoms with Crippen molar-refractivity contribution < 1.29 is 28.9 Å². The van der Waals surface area contributed by atoms with E-state index in [9.17, 15) is 14.7 Å². The van der Waals surface area contributed by atoms with Gasteiger partial charge in [0.05, 0.1) is 5.56 Å². The number of hydrogen-bond acceptors (Lipinski definition) is 5. The second kappa shape index (κ2) is 12.1. The number of ether oxygens (including phenoxy) is 3. The summed E-state index contributed by atoms with van der Waals surface area (Å²) < 4.78 is 17.8. The molecule has 1 amide bonds. The number of hydrogen-bond donors (Lipinski definition) is 2. The van der Waals surface area contributed by atoms with E-state index in [1.165, 1.54) is 12.1 Å². The Bertz CT molecular complexity index is 1230. The fraction of sp³-hybridized carbons (Fsp3) is 0.103. The minimum absolute atomic E-state index is 0.0257.